The Morgan fingerprint density at radius 2 is 1.38 bits per heavy atom. The lowest BCUT2D eigenvalue weighted by molar-refractivity contribution is -0.137. The fourth-order valence-corrected chi connectivity index (χ4v) is 3.33. The fourth-order valence-electron chi connectivity index (χ4n) is 2.31. The molecular formula is C22H33F4NO6Si. The van der Waals surface area contributed by atoms with Crippen LogP contribution in [0, 0.1) is 5.82 Å². The van der Waals surface area contributed by atoms with E-state index in [1.54, 1.807) is 0 Å². The number of hydrogen-bond donors (Lipinski definition) is 0. The zero-order valence-electron chi connectivity index (χ0n) is 20.2. The number of alkyl halides is 3. The van der Waals surface area contributed by atoms with Gasteiger partial charge < -0.3 is 23.4 Å². The Morgan fingerprint density at radius 1 is 0.882 bits per heavy atom. The lowest BCUT2D eigenvalue weighted by atomic mass is 10.1. The minimum absolute atomic E-state index is 0.00732. The number of rotatable bonds is 15. The highest BCUT2D eigenvalue weighted by Crippen LogP contribution is 2.37. The van der Waals surface area contributed by atoms with Gasteiger partial charge in [0.25, 0.3) is 0 Å². The number of hydrogen-bond acceptors (Lipinski definition) is 7. The van der Waals surface area contributed by atoms with E-state index >= 15 is 0 Å². The first-order valence-corrected chi connectivity index (χ1v) is 13.7. The highest BCUT2D eigenvalue weighted by atomic mass is 28.4. The van der Waals surface area contributed by atoms with E-state index in [2.05, 4.69) is 38.9 Å². The molecule has 1 aromatic carbocycles. The summed E-state index contributed by atoms with van der Waals surface area (Å²) in [4.78, 5) is 13.3. The molecule has 7 nitrogen and oxygen atoms in total. The summed E-state index contributed by atoms with van der Waals surface area (Å²) in [6.07, 6.45) is -3.74. The van der Waals surface area contributed by atoms with E-state index in [4.69, 9.17) is 23.4 Å². The minimum atomic E-state index is -4.76. The molecule has 1 aromatic rings. The molecule has 0 fully saturated rings. The highest BCUT2D eigenvalue weighted by Gasteiger charge is 2.37. The van der Waals surface area contributed by atoms with Gasteiger partial charge in [-0.15, -0.1) is 0 Å². The van der Waals surface area contributed by atoms with Crippen LogP contribution in [0.1, 0.15) is 26.3 Å². The van der Waals surface area contributed by atoms with E-state index < -0.39 is 37.3 Å². The van der Waals surface area contributed by atoms with Gasteiger partial charge >= 0.3 is 6.18 Å². The maximum Gasteiger partial charge on any atom is 0.416 e. The lowest BCUT2D eigenvalue weighted by Crippen LogP contribution is -2.41. The summed E-state index contributed by atoms with van der Waals surface area (Å²) in [6.45, 7) is 12.9. The van der Waals surface area contributed by atoms with Crippen molar-refractivity contribution in [3.05, 3.63) is 23.5 Å². The standard InChI is InChI=1S/C22H33F4NO6Si/c1-21(2,3)34(4,5)33-13-11-31-9-7-29-6-8-30-10-12-32-19-15-17(22(24,25)26)14-18(20(19)23)27-16-28/h14-15H,6-13H2,1-5H3. The second kappa shape index (κ2) is 13.9. The minimum Gasteiger partial charge on any atom is -0.488 e. The third-order valence-electron chi connectivity index (χ3n) is 5.24. The molecule has 0 amide bonds. The Bertz CT molecular complexity index is 808. The van der Waals surface area contributed by atoms with Crippen LogP contribution in [-0.2, 0) is 29.6 Å². The quantitative estimate of drug-likeness (QED) is 0.105. The first kappa shape index (κ1) is 30.2. The van der Waals surface area contributed by atoms with Crippen molar-refractivity contribution in [3.8, 4) is 5.75 Å². The van der Waals surface area contributed by atoms with Crippen molar-refractivity contribution in [1.82, 2.24) is 0 Å². The van der Waals surface area contributed by atoms with Gasteiger partial charge in [0.2, 0.25) is 6.08 Å². The number of aliphatic imine (C=N–C) groups is 1. The Balaban J connectivity index is 2.19. The van der Waals surface area contributed by atoms with Crippen LogP contribution < -0.4 is 4.74 Å². The smallest absolute Gasteiger partial charge is 0.416 e. The first-order valence-electron chi connectivity index (χ1n) is 10.8. The monoisotopic (exact) mass is 511 g/mol. The van der Waals surface area contributed by atoms with Crippen molar-refractivity contribution < 1.29 is 45.7 Å². The van der Waals surface area contributed by atoms with Gasteiger partial charge in [0.15, 0.2) is 19.9 Å². The Labute approximate surface area is 198 Å². The van der Waals surface area contributed by atoms with Crippen molar-refractivity contribution in [2.45, 2.75) is 45.1 Å². The normalized spacial score (nSPS) is 12.5. The van der Waals surface area contributed by atoms with Crippen molar-refractivity contribution in [2.24, 2.45) is 4.99 Å². The predicted octanol–water partition coefficient (Wildman–Crippen LogP) is 5.26. The maximum absolute atomic E-state index is 14.1. The molecule has 0 N–H and O–H groups in total. The predicted molar refractivity (Wildman–Crippen MR) is 120 cm³/mol. The van der Waals surface area contributed by atoms with Gasteiger partial charge in [0.1, 0.15) is 12.3 Å². The molecule has 0 saturated carbocycles. The topological polar surface area (TPSA) is 75.6 Å². The van der Waals surface area contributed by atoms with Gasteiger partial charge in [0, 0.05) is 0 Å². The summed E-state index contributed by atoms with van der Waals surface area (Å²) < 4.78 is 80.0. The van der Waals surface area contributed by atoms with Gasteiger partial charge in [0.05, 0.1) is 51.8 Å². The number of isocyanates is 1. The van der Waals surface area contributed by atoms with Crippen LogP contribution in [0.15, 0.2) is 17.1 Å². The number of carbonyl (C=O) groups excluding carboxylic acids is 1. The zero-order chi connectivity index (χ0) is 25.8. The van der Waals surface area contributed by atoms with Gasteiger partial charge in [-0.3, -0.25) is 0 Å². The molecule has 0 aliphatic carbocycles. The van der Waals surface area contributed by atoms with Gasteiger partial charge in [-0.05, 0) is 30.3 Å². The van der Waals surface area contributed by atoms with E-state index in [0.717, 1.165) is 6.08 Å². The highest BCUT2D eigenvalue weighted by molar-refractivity contribution is 6.74. The maximum atomic E-state index is 14.1. The summed E-state index contributed by atoms with van der Waals surface area (Å²) in [6, 6.07) is 0.908. The summed E-state index contributed by atoms with van der Waals surface area (Å²) in [5.41, 5.74) is -2.00. The molecule has 12 heteroatoms. The third-order valence-corrected chi connectivity index (χ3v) is 9.78. The second-order valence-corrected chi connectivity index (χ2v) is 13.6. The third kappa shape index (κ3) is 10.6. The molecule has 0 atom stereocenters. The zero-order valence-corrected chi connectivity index (χ0v) is 21.2. The number of benzene rings is 1. The molecular weight excluding hydrogens is 478 g/mol. The number of ether oxygens (including phenoxy) is 4. The molecule has 0 heterocycles. The second-order valence-electron chi connectivity index (χ2n) is 8.80. The van der Waals surface area contributed by atoms with Crippen LogP contribution in [-0.4, -0.2) is 67.3 Å². The van der Waals surface area contributed by atoms with Crippen LogP contribution >= 0.6 is 0 Å². The van der Waals surface area contributed by atoms with Crippen LogP contribution in [0.3, 0.4) is 0 Å². The van der Waals surface area contributed by atoms with E-state index in [1.807, 2.05) is 0 Å². The van der Waals surface area contributed by atoms with Crippen LogP contribution in [0.4, 0.5) is 23.2 Å². The van der Waals surface area contributed by atoms with Crippen molar-refractivity contribution in [2.75, 3.05) is 52.9 Å². The summed E-state index contributed by atoms with van der Waals surface area (Å²) >= 11 is 0. The molecule has 0 spiro atoms. The van der Waals surface area contributed by atoms with E-state index in [0.29, 0.717) is 38.6 Å². The average Bonchev–Trinajstić information content (AvgIpc) is 2.72. The number of halogens is 4. The average molecular weight is 512 g/mol. The lowest BCUT2D eigenvalue weighted by Gasteiger charge is -2.36. The van der Waals surface area contributed by atoms with Gasteiger partial charge in [-0.25, -0.2) is 9.18 Å². The molecule has 0 radical (unpaired) electrons. The van der Waals surface area contributed by atoms with Gasteiger partial charge in [-0.1, -0.05) is 20.8 Å². The number of nitrogens with zero attached hydrogens (tertiary/aromatic N) is 1. The van der Waals surface area contributed by atoms with E-state index in [9.17, 15) is 22.4 Å². The molecule has 0 aliphatic heterocycles. The SMILES string of the molecule is CC(C)(C)[Si](C)(C)OCCOCCOCCOCCOc1cc(C(F)(F)F)cc(N=C=O)c1F. The summed E-state index contributed by atoms with van der Waals surface area (Å²) in [7, 11) is -1.77. The molecule has 0 aromatic heterocycles. The molecule has 0 bridgehead atoms. The van der Waals surface area contributed by atoms with E-state index in [1.165, 1.54) is 0 Å². The van der Waals surface area contributed by atoms with Crippen molar-refractivity contribution >= 4 is 20.1 Å². The molecule has 194 valence electrons. The van der Waals surface area contributed by atoms with Crippen LogP contribution in [0.2, 0.25) is 18.1 Å². The molecule has 0 unspecified atom stereocenters. The Morgan fingerprint density at radius 3 is 1.85 bits per heavy atom. The molecule has 0 saturated heterocycles. The van der Waals surface area contributed by atoms with Crippen molar-refractivity contribution in [3.63, 3.8) is 0 Å². The summed E-state index contributed by atoms with van der Waals surface area (Å²) in [5.74, 6) is -1.87. The Hall–Kier alpha value is -1.82. The van der Waals surface area contributed by atoms with Gasteiger partial charge in [-0.2, -0.15) is 18.2 Å². The van der Waals surface area contributed by atoms with E-state index in [-0.39, 0.29) is 31.5 Å². The fraction of sp³-hybridized carbons (Fsp3) is 0.682. The van der Waals surface area contributed by atoms with Crippen LogP contribution in [0.25, 0.3) is 0 Å². The van der Waals surface area contributed by atoms with Crippen molar-refractivity contribution in [1.29, 1.82) is 0 Å². The summed E-state index contributed by atoms with van der Waals surface area (Å²) in [5, 5.41) is 0.149. The molecule has 34 heavy (non-hydrogen) atoms. The molecule has 1 rings (SSSR count). The largest absolute Gasteiger partial charge is 0.488 e. The van der Waals surface area contributed by atoms with Crippen LogP contribution in [0.5, 0.6) is 5.75 Å². The Kier molecular flexibility index (Phi) is 12.4. The molecule has 0 aliphatic rings. The first-order chi connectivity index (χ1) is 15.8.